The third kappa shape index (κ3) is 7.06. The number of terminal acetylenes is 1. The minimum absolute atomic E-state index is 0.0688. The average Bonchev–Trinajstić information content (AvgIpc) is 3.86. The van der Waals surface area contributed by atoms with E-state index in [2.05, 4.69) is 20.8 Å². The molecule has 0 spiro atoms. The highest BCUT2D eigenvalue weighted by atomic mass is 19.1. The van der Waals surface area contributed by atoms with Gasteiger partial charge in [0, 0.05) is 55.2 Å². The lowest BCUT2D eigenvalue weighted by atomic mass is 9.95. The maximum absolute atomic E-state index is 17.2. The molecule has 4 fully saturated rings. The van der Waals surface area contributed by atoms with E-state index in [4.69, 9.17) is 25.6 Å². The van der Waals surface area contributed by atoms with Crippen molar-refractivity contribution in [3.63, 3.8) is 0 Å². The van der Waals surface area contributed by atoms with Crippen LogP contribution in [0.2, 0.25) is 0 Å². The number of amides is 1. The van der Waals surface area contributed by atoms with Crippen molar-refractivity contribution in [3.8, 4) is 35.4 Å². The molecule has 4 saturated heterocycles. The minimum Gasteiger partial charge on any atom is -0.508 e. The molecule has 5 aromatic rings. The second-order valence-electron chi connectivity index (χ2n) is 16.1. The summed E-state index contributed by atoms with van der Waals surface area (Å²) in [5, 5.41) is 11.5. The van der Waals surface area contributed by atoms with Gasteiger partial charge in [-0.25, -0.2) is 18.0 Å². The lowest BCUT2D eigenvalue weighted by Gasteiger charge is -2.41. The van der Waals surface area contributed by atoms with Gasteiger partial charge in [-0.3, -0.25) is 19.6 Å². The smallest absolute Gasteiger partial charge is 0.413 e. The van der Waals surface area contributed by atoms with E-state index in [1.807, 2.05) is 17.9 Å². The van der Waals surface area contributed by atoms with E-state index < -0.39 is 41.7 Å². The van der Waals surface area contributed by atoms with Crippen molar-refractivity contribution in [2.24, 2.45) is 0 Å². The van der Waals surface area contributed by atoms with Gasteiger partial charge in [0.25, 0.3) is 6.29 Å². The van der Waals surface area contributed by atoms with Crippen LogP contribution in [0.5, 0.6) is 11.8 Å². The highest BCUT2D eigenvalue weighted by Crippen LogP contribution is 2.43. The Kier molecular flexibility index (Phi) is 10.4. The first-order valence-electron chi connectivity index (χ1n) is 20.3. The quantitative estimate of drug-likeness (QED) is 0.0850. The summed E-state index contributed by atoms with van der Waals surface area (Å²) >= 11 is 0. The second kappa shape index (κ2) is 15.8. The van der Waals surface area contributed by atoms with Gasteiger partial charge in [-0.2, -0.15) is 9.97 Å². The van der Waals surface area contributed by atoms with Crippen LogP contribution < -0.4 is 9.64 Å². The fourth-order valence-electron chi connectivity index (χ4n) is 9.59. The van der Waals surface area contributed by atoms with E-state index >= 15 is 8.78 Å². The topological polar surface area (TPSA) is 130 Å². The van der Waals surface area contributed by atoms with Crippen molar-refractivity contribution in [1.29, 1.82) is 0 Å². The summed E-state index contributed by atoms with van der Waals surface area (Å²) in [5.74, 6) is 0.429. The van der Waals surface area contributed by atoms with Crippen LogP contribution in [0.3, 0.4) is 0 Å². The molecule has 310 valence electrons. The van der Waals surface area contributed by atoms with Crippen molar-refractivity contribution in [1.82, 2.24) is 24.8 Å². The summed E-state index contributed by atoms with van der Waals surface area (Å²) in [4.78, 5) is 46.1. The number of carbonyl (C=O) groups excluding carboxylic acids is 2. The molecule has 6 heterocycles. The molecule has 2 bridgehead atoms. The first-order valence-corrected chi connectivity index (χ1v) is 20.3. The van der Waals surface area contributed by atoms with Crippen molar-refractivity contribution < 1.29 is 42.1 Å². The summed E-state index contributed by atoms with van der Waals surface area (Å²) < 4.78 is 64.8. The fraction of sp³-hybridized carbons (Fsp3) is 0.400. The number of rotatable bonds is 10. The molecule has 0 radical (unpaired) electrons. The lowest BCUT2D eigenvalue weighted by Crippen LogP contribution is -2.56. The monoisotopic (exact) mass is 820 g/mol. The third-order valence-corrected chi connectivity index (χ3v) is 12.3. The van der Waals surface area contributed by atoms with Crippen LogP contribution in [0.1, 0.15) is 69.3 Å². The molecule has 3 aromatic carbocycles. The Morgan fingerprint density at radius 2 is 1.83 bits per heavy atom. The van der Waals surface area contributed by atoms with Crippen molar-refractivity contribution in [2.45, 2.75) is 82.0 Å². The van der Waals surface area contributed by atoms with Gasteiger partial charge in [0.15, 0.2) is 5.82 Å². The number of esters is 1. The van der Waals surface area contributed by atoms with Gasteiger partial charge in [0.2, 0.25) is 0 Å². The number of phenols is 1. The van der Waals surface area contributed by atoms with E-state index in [9.17, 15) is 19.1 Å². The molecular formula is C45H43F3N6O6. The van der Waals surface area contributed by atoms with Gasteiger partial charge in [0.1, 0.15) is 41.4 Å². The number of aromatic hydroxyl groups is 1. The number of aromatic nitrogens is 3. The van der Waals surface area contributed by atoms with E-state index in [0.29, 0.717) is 49.0 Å². The number of alkyl halides is 1. The summed E-state index contributed by atoms with van der Waals surface area (Å²) in [7, 11) is 0. The predicted molar refractivity (Wildman–Crippen MR) is 216 cm³/mol. The number of benzene rings is 3. The summed E-state index contributed by atoms with van der Waals surface area (Å²) in [6.45, 7) is 3.59. The normalized spacial score (nSPS) is 22.8. The van der Waals surface area contributed by atoms with Crippen LogP contribution in [0, 0.1) is 24.0 Å². The number of nitrogens with zero attached hydrogens (tertiary/aromatic N) is 6. The van der Waals surface area contributed by atoms with Crippen molar-refractivity contribution in [2.75, 3.05) is 37.7 Å². The van der Waals surface area contributed by atoms with Crippen molar-refractivity contribution in [3.05, 3.63) is 83.6 Å². The second-order valence-corrected chi connectivity index (χ2v) is 16.1. The van der Waals surface area contributed by atoms with Crippen LogP contribution in [0.25, 0.3) is 32.9 Å². The number of halogens is 3. The SMILES string of the molecule is C#Cc1c(F)ccc2cc(O)cc(-c3ncc4c(N5CC6CCC(C5)N6C(=O)OC(OC(=O)CCC)c5ccccc5)nc(OC[C@@]56CCCN5CC(F)C6)nc4c3F)c12. The van der Waals surface area contributed by atoms with Gasteiger partial charge in [-0.05, 0) is 62.2 Å². The Balaban J connectivity index is 1.07. The molecule has 0 aliphatic carbocycles. The number of phenolic OH excluding ortho intramolecular Hbond substituents is 1. The Morgan fingerprint density at radius 3 is 2.58 bits per heavy atom. The molecule has 9 rings (SSSR count). The first-order chi connectivity index (χ1) is 29.1. The molecule has 4 aliphatic rings. The Bertz CT molecular complexity index is 2530. The maximum atomic E-state index is 17.2. The number of piperazine rings is 1. The lowest BCUT2D eigenvalue weighted by molar-refractivity contribution is -0.171. The third-order valence-electron chi connectivity index (χ3n) is 12.3. The molecule has 60 heavy (non-hydrogen) atoms. The van der Waals surface area contributed by atoms with Gasteiger partial charge in [-0.15, -0.1) is 6.42 Å². The number of pyridine rings is 1. The Labute approximate surface area is 344 Å². The summed E-state index contributed by atoms with van der Waals surface area (Å²) in [5.41, 5.74) is -0.421. The number of fused-ring (bicyclic) bond motifs is 5. The zero-order valence-electron chi connectivity index (χ0n) is 33.0. The molecule has 2 aromatic heterocycles. The molecule has 12 nitrogen and oxygen atoms in total. The molecular weight excluding hydrogens is 778 g/mol. The highest BCUT2D eigenvalue weighted by molar-refractivity contribution is 6.03. The Hall–Kier alpha value is -6.14. The standard InChI is InChI=1S/C45H43F3N6O6/c1-3-9-36(56)59-42(26-10-6-5-7-11-26)60-44(57)54-29-13-14-30(54)24-52(23-29)41-34-21-49-39(33-19-31(55)18-27-12-15-35(47)32(4-2)37(27)33)38(48)40(34)50-43(51-41)58-25-45-16-8-17-53(45)22-28(46)20-45/h2,5-7,10-12,15,18-19,21,28-30,42,55H,3,8-9,13-14,16-17,20,22-25H2,1H3/t28?,29?,30?,42?,45-/m0/s1. The predicted octanol–water partition coefficient (Wildman–Crippen LogP) is 7.60. The number of ether oxygens (including phenoxy) is 3. The summed E-state index contributed by atoms with van der Waals surface area (Å²) in [6, 6.07) is 13.3. The number of carbonyl (C=O) groups is 2. The molecule has 0 saturated carbocycles. The molecule has 1 N–H and O–H groups in total. The maximum Gasteiger partial charge on any atom is 0.413 e. The van der Waals surface area contributed by atoms with Gasteiger partial charge < -0.3 is 24.2 Å². The first kappa shape index (κ1) is 39.3. The van der Waals surface area contributed by atoms with E-state index in [1.54, 1.807) is 29.2 Å². The number of anilines is 1. The zero-order valence-corrected chi connectivity index (χ0v) is 33.0. The zero-order chi connectivity index (χ0) is 41.7. The van der Waals surface area contributed by atoms with Crippen LogP contribution in [0.15, 0.2) is 60.8 Å². The van der Waals surface area contributed by atoms with Gasteiger partial charge in [-0.1, -0.05) is 49.2 Å². The minimum atomic E-state index is -1.23. The van der Waals surface area contributed by atoms with Crippen LogP contribution >= 0.6 is 0 Å². The van der Waals surface area contributed by atoms with Gasteiger partial charge >= 0.3 is 18.1 Å². The number of hydrogen-bond acceptors (Lipinski definition) is 11. The molecule has 5 atom stereocenters. The Morgan fingerprint density at radius 1 is 1.05 bits per heavy atom. The molecule has 4 aliphatic heterocycles. The van der Waals surface area contributed by atoms with Gasteiger partial charge in [0.05, 0.1) is 28.6 Å². The fourth-order valence-corrected chi connectivity index (χ4v) is 9.59. The van der Waals surface area contributed by atoms with Crippen LogP contribution in [-0.2, 0) is 14.3 Å². The van der Waals surface area contributed by atoms with E-state index in [1.165, 1.54) is 30.5 Å². The van der Waals surface area contributed by atoms with Crippen LogP contribution in [0.4, 0.5) is 23.8 Å². The molecule has 1 amide bonds. The summed E-state index contributed by atoms with van der Waals surface area (Å²) in [6.07, 6.45) is 8.27. The largest absolute Gasteiger partial charge is 0.508 e. The number of hydrogen-bond donors (Lipinski definition) is 1. The molecule has 15 heteroatoms. The molecule has 4 unspecified atom stereocenters. The average molecular weight is 821 g/mol. The van der Waals surface area contributed by atoms with Crippen molar-refractivity contribution >= 4 is 39.6 Å². The van der Waals surface area contributed by atoms with E-state index in [0.717, 1.165) is 19.4 Å². The van der Waals surface area contributed by atoms with Crippen LogP contribution in [-0.4, -0.2) is 98.5 Å². The van der Waals surface area contributed by atoms with E-state index in [-0.39, 0.29) is 83.1 Å². The highest BCUT2D eigenvalue weighted by Gasteiger charge is 2.50.